The minimum Gasteiger partial charge on any atom is -0.397 e. The summed E-state index contributed by atoms with van der Waals surface area (Å²) in [4.78, 5) is 24.0. The van der Waals surface area contributed by atoms with Gasteiger partial charge in [0.25, 0.3) is 11.1 Å². The van der Waals surface area contributed by atoms with E-state index in [-0.39, 0.29) is 5.91 Å². The normalized spacial score (nSPS) is 10.6. The molecule has 0 saturated heterocycles. The quantitative estimate of drug-likeness (QED) is 0.236. The molecule has 4 aromatic rings. The van der Waals surface area contributed by atoms with E-state index in [2.05, 4.69) is 5.32 Å². The summed E-state index contributed by atoms with van der Waals surface area (Å²) < 4.78 is 0. The van der Waals surface area contributed by atoms with Gasteiger partial charge in [-0.15, -0.1) is 0 Å². The SMILES string of the molecule is Nc1ccc(-c2ccc(N)c(NC(=O)c3ccc(-c4ccc(C(=O)Cl)cc4)cc3)c2)cc1N. The second kappa shape index (κ2) is 9.06. The van der Waals surface area contributed by atoms with Crippen LogP contribution in [-0.2, 0) is 0 Å². The highest BCUT2D eigenvalue weighted by atomic mass is 35.5. The minimum absolute atomic E-state index is 0.287. The molecule has 0 heterocycles. The summed E-state index contributed by atoms with van der Waals surface area (Å²) in [5, 5.41) is 2.37. The van der Waals surface area contributed by atoms with Gasteiger partial charge in [-0.1, -0.05) is 36.4 Å². The fourth-order valence-electron chi connectivity index (χ4n) is 3.40. The van der Waals surface area contributed by atoms with E-state index in [1.165, 1.54) is 0 Å². The van der Waals surface area contributed by atoms with Crippen molar-refractivity contribution in [3.63, 3.8) is 0 Å². The first-order valence-corrected chi connectivity index (χ1v) is 10.5. The number of rotatable bonds is 5. The standard InChI is InChI=1S/C26H21ClN4O2/c27-25(32)17-5-1-15(2-6-17)16-3-7-18(8-4-16)26(33)31-24-14-20(10-12-22(24)29)19-9-11-21(28)23(30)13-19/h1-14H,28-30H2,(H,31,33). The largest absolute Gasteiger partial charge is 0.397 e. The molecule has 0 fully saturated rings. The molecule has 33 heavy (non-hydrogen) atoms. The van der Waals surface area contributed by atoms with Crippen LogP contribution in [0.2, 0.25) is 0 Å². The fraction of sp³-hybridized carbons (Fsp3) is 0. The lowest BCUT2D eigenvalue weighted by Gasteiger charge is -2.12. The number of halogens is 1. The Morgan fingerprint density at radius 2 is 1.06 bits per heavy atom. The van der Waals surface area contributed by atoms with Crippen molar-refractivity contribution in [1.29, 1.82) is 0 Å². The lowest BCUT2D eigenvalue weighted by molar-refractivity contribution is 0.102. The zero-order valence-electron chi connectivity index (χ0n) is 17.5. The number of anilines is 4. The zero-order valence-corrected chi connectivity index (χ0v) is 18.3. The van der Waals surface area contributed by atoms with Crippen LogP contribution in [0.1, 0.15) is 20.7 Å². The monoisotopic (exact) mass is 456 g/mol. The average molecular weight is 457 g/mol. The average Bonchev–Trinajstić information content (AvgIpc) is 2.82. The van der Waals surface area contributed by atoms with Crippen molar-refractivity contribution in [1.82, 2.24) is 0 Å². The minimum atomic E-state index is -0.503. The lowest BCUT2D eigenvalue weighted by Crippen LogP contribution is -2.13. The maximum Gasteiger partial charge on any atom is 0.255 e. The van der Waals surface area contributed by atoms with Crippen LogP contribution < -0.4 is 22.5 Å². The van der Waals surface area contributed by atoms with E-state index in [9.17, 15) is 9.59 Å². The van der Waals surface area contributed by atoms with Crippen molar-refractivity contribution in [3.05, 3.63) is 96.1 Å². The van der Waals surface area contributed by atoms with Crippen molar-refractivity contribution in [2.45, 2.75) is 0 Å². The molecular weight excluding hydrogens is 436 g/mol. The number of hydrogen-bond donors (Lipinski definition) is 4. The Kier molecular flexibility index (Phi) is 6.02. The molecular formula is C26H21ClN4O2. The molecule has 7 N–H and O–H groups in total. The van der Waals surface area contributed by atoms with Gasteiger partial charge >= 0.3 is 0 Å². The molecule has 0 radical (unpaired) electrons. The molecule has 0 aliphatic rings. The molecule has 7 heteroatoms. The molecule has 0 unspecified atom stereocenters. The van der Waals surface area contributed by atoms with E-state index in [4.69, 9.17) is 28.8 Å². The van der Waals surface area contributed by atoms with E-state index in [1.807, 2.05) is 24.3 Å². The molecule has 0 aromatic heterocycles. The zero-order chi connectivity index (χ0) is 23.5. The van der Waals surface area contributed by atoms with Gasteiger partial charge in [0.15, 0.2) is 0 Å². The van der Waals surface area contributed by atoms with Crippen LogP contribution in [0.25, 0.3) is 22.3 Å². The number of nitrogen functional groups attached to an aromatic ring is 3. The molecule has 0 aliphatic carbocycles. The van der Waals surface area contributed by atoms with Crippen LogP contribution in [-0.4, -0.2) is 11.1 Å². The molecule has 6 nitrogen and oxygen atoms in total. The van der Waals surface area contributed by atoms with Crippen LogP contribution in [0, 0.1) is 0 Å². The lowest BCUT2D eigenvalue weighted by atomic mass is 10.0. The highest BCUT2D eigenvalue weighted by Crippen LogP contribution is 2.30. The van der Waals surface area contributed by atoms with Gasteiger partial charge < -0.3 is 22.5 Å². The van der Waals surface area contributed by atoms with Gasteiger partial charge in [-0.25, -0.2) is 0 Å². The second-order valence-corrected chi connectivity index (χ2v) is 7.87. The molecule has 4 rings (SSSR count). The third-order valence-electron chi connectivity index (χ3n) is 5.31. The van der Waals surface area contributed by atoms with Gasteiger partial charge in [0.05, 0.1) is 22.7 Å². The van der Waals surface area contributed by atoms with Crippen LogP contribution in [0.3, 0.4) is 0 Å². The van der Waals surface area contributed by atoms with E-state index in [0.717, 1.165) is 22.3 Å². The van der Waals surface area contributed by atoms with E-state index < -0.39 is 5.24 Å². The van der Waals surface area contributed by atoms with Gasteiger partial charge in [-0.2, -0.15) is 0 Å². The van der Waals surface area contributed by atoms with Gasteiger partial charge in [-0.3, -0.25) is 9.59 Å². The molecule has 0 saturated carbocycles. The van der Waals surface area contributed by atoms with Crippen LogP contribution in [0.5, 0.6) is 0 Å². The summed E-state index contributed by atoms with van der Waals surface area (Å²) in [6.07, 6.45) is 0. The maximum absolute atomic E-state index is 12.8. The first-order chi connectivity index (χ1) is 15.8. The van der Waals surface area contributed by atoms with Crippen molar-refractivity contribution in [2.24, 2.45) is 0 Å². The van der Waals surface area contributed by atoms with Crippen molar-refractivity contribution in [3.8, 4) is 22.3 Å². The maximum atomic E-state index is 12.8. The van der Waals surface area contributed by atoms with Gasteiger partial charge in [0, 0.05) is 11.1 Å². The van der Waals surface area contributed by atoms with Crippen LogP contribution in [0.15, 0.2) is 84.9 Å². The van der Waals surface area contributed by atoms with Crippen molar-refractivity contribution >= 4 is 45.5 Å². The summed E-state index contributed by atoms with van der Waals surface area (Å²) in [5.74, 6) is -0.287. The summed E-state index contributed by atoms with van der Waals surface area (Å²) in [5.41, 5.74) is 24.2. The highest BCUT2D eigenvalue weighted by molar-refractivity contribution is 6.67. The molecule has 1 amide bonds. The van der Waals surface area contributed by atoms with Crippen LogP contribution in [0.4, 0.5) is 22.7 Å². The smallest absolute Gasteiger partial charge is 0.255 e. The summed E-state index contributed by atoms with van der Waals surface area (Å²) in [6, 6.07) is 24.8. The predicted molar refractivity (Wildman–Crippen MR) is 135 cm³/mol. The van der Waals surface area contributed by atoms with Gasteiger partial charge in [0.2, 0.25) is 0 Å². The number of amides is 1. The number of nitrogens with one attached hydrogen (secondary N) is 1. The second-order valence-electron chi connectivity index (χ2n) is 7.53. The van der Waals surface area contributed by atoms with Crippen LogP contribution >= 0.6 is 11.6 Å². The van der Waals surface area contributed by atoms with Gasteiger partial charge in [-0.05, 0) is 82.4 Å². The number of hydrogen-bond acceptors (Lipinski definition) is 5. The highest BCUT2D eigenvalue weighted by Gasteiger charge is 2.11. The number of carbonyl (C=O) groups excluding carboxylic acids is 2. The predicted octanol–water partition coefficient (Wildman–Crippen LogP) is 5.40. The van der Waals surface area contributed by atoms with E-state index in [0.29, 0.717) is 33.9 Å². The topological polar surface area (TPSA) is 124 Å². The molecule has 0 spiro atoms. The molecule has 0 aliphatic heterocycles. The molecule has 164 valence electrons. The van der Waals surface area contributed by atoms with Crippen molar-refractivity contribution < 1.29 is 9.59 Å². The first kappa shape index (κ1) is 21.9. The third kappa shape index (κ3) is 4.81. The number of nitrogens with two attached hydrogens (primary N) is 3. The Balaban J connectivity index is 1.53. The Bertz CT molecular complexity index is 1350. The molecule has 0 bridgehead atoms. The van der Waals surface area contributed by atoms with E-state index >= 15 is 0 Å². The number of benzene rings is 4. The molecule has 0 atom stereocenters. The third-order valence-corrected chi connectivity index (χ3v) is 5.53. The van der Waals surface area contributed by atoms with Crippen molar-refractivity contribution in [2.75, 3.05) is 22.5 Å². The summed E-state index contributed by atoms with van der Waals surface area (Å²) in [7, 11) is 0. The Morgan fingerprint density at radius 1 is 0.576 bits per heavy atom. The Morgan fingerprint density at radius 3 is 1.61 bits per heavy atom. The van der Waals surface area contributed by atoms with Gasteiger partial charge in [0.1, 0.15) is 0 Å². The number of carbonyl (C=O) groups is 2. The summed E-state index contributed by atoms with van der Waals surface area (Å²) in [6.45, 7) is 0. The fourth-order valence-corrected chi connectivity index (χ4v) is 3.53. The first-order valence-electron chi connectivity index (χ1n) is 10.1. The Hall–Kier alpha value is -4.29. The molecule has 4 aromatic carbocycles. The Labute approximate surface area is 196 Å². The summed E-state index contributed by atoms with van der Waals surface area (Å²) >= 11 is 5.49. The van der Waals surface area contributed by atoms with E-state index in [1.54, 1.807) is 60.7 Å².